The van der Waals surface area contributed by atoms with Crippen molar-refractivity contribution in [1.82, 2.24) is 4.90 Å². The van der Waals surface area contributed by atoms with E-state index in [2.05, 4.69) is 5.32 Å². The van der Waals surface area contributed by atoms with Crippen LogP contribution in [0.25, 0.3) is 0 Å². The number of hydrogen-bond acceptors (Lipinski definition) is 5. The molecule has 0 saturated carbocycles. The van der Waals surface area contributed by atoms with E-state index in [4.69, 9.17) is 56.5 Å². The molecule has 7 nitrogen and oxygen atoms in total. The molecular weight excluding hydrogens is 569 g/mol. The van der Waals surface area contributed by atoms with E-state index in [0.29, 0.717) is 50.9 Å². The van der Waals surface area contributed by atoms with Gasteiger partial charge in [0.05, 0.1) is 31.4 Å². The van der Waals surface area contributed by atoms with Gasteiger partial charge in [0, 0.05) is 22.3 Å². The molecule has 1 heterocycles. The number of carbonyl (C=O) groups excluding carboxylic acids is 2. The van der Waals surface area contributed by atoms with Crippen LogP contribution < -0.4 is 19.7 Å². The third-order valence-corrected chi connectivity index (χ3v) is 7.40. The molecule has 11 heteroatoms. The van der Waals surface area contributed by atoms with E-state index >= 15 is 0 Å². The molecule has 1 aliphatic rings. The number of amides is 2. The van der Waals surface area contributed by atoms with Crippen LogP contribution in [0, 0.1) is 0 Å². The molecule has 198 valence electrons. The SMILES string of the molecule is COc1ccc(NC(=O)CC2C(=O)N(c3ccc(OC)c(Cl)c3)C(=S)N2CCc2ccc(Cl)cc2Cl)cc1. The number of ether oxygens (including phenoxy) is 2. The summed E-state index contributed by atoms with van der Waals surface area (Å²) in [5.74, 6) is 0.474. The maximum atomic E-state index is 13.7. The first-order valence-electron chi connectivity index (χ1n) is 11.6. The average molecular weight is 593 g/mol. The summed E-state index contributed by atoms with van der Waals surface area (Å²) in [6.45, 7) is 0.354. The first-order chi connectivity index (χ1) is 18.2. The van der Waals surface area contributed by atoms with Crippen molar-refractivity contribution in [3.63, 3.8) is 0 Å². The van der Waals surface area contributed by atoms with Crippen LogP contribution in [0.2, 0.25) is 15.1 Å². The Labute approximate surface area is 241 Å². The number of methoxy groups -OCH3 is 2. The van der Waals surface area contributed by atoms with Crippen molar-refractivity contribution in [3.05, 3.63) is 81.3 Å². The van der Waals surface area contributed by atoms with Gasteiger partial charge in [-0.25, -0.2) is 0 Å². The van der Waals surface area contributed by atoms with Gasteiger partial charge in [-0.05, 0) is 78.8 Å². The molecule has 0 radical (unpaired) electrons. The lowest BCUT2D eigenvalue weighted by molar-refractivity contribution is -0.124. The fourth-order valence-electron chi connectivity index (χ4n) is 4.15. The van der Waals surface area contributed by atoms with E-state index in [1.54, 1.807) is 66.6 Å². The molecule has 4 rings (SSSR count). The molecule has 1 aliphatic heterocycles. The van der Waals surface area contributed by atoms with Crippen molar-refractivity contribution in [2.75, 3.05) is 31.0 Å². The van der Waals surface area contributed by atoms with Gasteiger partial charge in [-0.1, -0.05) is 40.9 Å². The predicted molar refractivity (Wildman–Crippen MR) is 155 cm³/mol. The number of rotatable bonds is 9. The predicted octanol–water partition coefficient (Wildman–Crippen LogP) is 6.24. The Morgan fingerprint density at radius 1 is 0.974 bits per heavy atom. The Kier molecular flexibility index (Phi) is 8.99. The molecule has 38 heavy (non-hydrogen) atoms. The minimum absolute atomic E-state index is 0.111. The van der Waals surface area contributed by atoms with Crippen molar-refractivity contribution < 1.29 is 19.1 Å². The van der Waals surface area contributed by atoms with Crippen molar-refractivity contribution >= 4 is 75.3 Å². The van der Waals surface area contributed by atoms with Crippen molar-refractivity contribution in [1.29, 1.82) is 0 Å². The van der Waals surface area contributed by atoms with Crippen LogP contribution in [-0.2, 0) is 16.0 Å². The van der Waals surface area contributed by atoms with Gasteiger partial charge in [0.25, 0.3) is 5.91 Å². The average Bonchev–Trinajstić information content (AvgIpc) is 3.12. The molecule has 1 unspecified atom stereocenters. The van der Waals surface area contributed by atoms with E-state index in [1.807, 2.05) is 6.07 Å². The second kappa shape index (κ2) is 12.2. The molecule has 3 aromatic carbocycles. The number of nitrogens with one attached hydrogen (secondary N) is 1. The highest BCUT2D eigenvalue weighted by Gasteiger charge is 2.44. The van der Waals surface area contributed by atoms with Crippen LogP contribution in [-0.4, -0.2) is 48.6 Å². The van der Waals surface area contributed by atoms with E-state index in [0.717, 1.165) is 5.56 Å². The first-order valence-corrected chi connectivity index (χ1v) is 13.1. The Morgan fingerprint density at radius 2 is 1.71 bits per heavy atom. The first kappa shape index (κ1) is 28.0. The summed E-state index contributed by atoms with van der Waals surface area (Å²) >= 11 is 24.5. The molecule has 0 bridgehead atoms. The zero-order valence-electron chi connectivity index (χ0n) is 20.5. The van der Waals surface area contributed by atoms with Crippen molar-refractivity contribution in [2.45, 2.75) is 18.9 Å². The number of hydrogen-bond donors (Lipinski definition) is 1. The van der Waals surface area contributed by atoms with Gasteiger partial charge in [-0.2, -0.15) is 0 Å². The lowest BCUT2D eigenvalue weighted by Crippen LogP contribution is -2.39. The summed E-state index contributed by atoms with van der Waals surface area (Å²) in [5, 5.41) is 4.48. The number of anilines is 2. The number of halogens is 3. The quantitative estimate of drug-likeness (QED) is 0.297. The highest BCUT2D eigenvalue weighted by atomic mass is 35.5. The number of benzene rings is 3. The highest BCUT2D eigenvalue weighted by Crippen LogP contribution is 2.34. The summed E-state index contributed by atoms with van der Waals surface area (Å²) in [6, 6.07) is 16.3. The smallest absolute Gasteiger partial charge is 0.256 e. The van der Waals surface area contributed by atoms with Gasteiger partial charge < -0.3 is 19.7 Å². The summed E-state index contributed by atoms with van der Waals surface area (Å²) in [6.07, 6.45) is 0.372. The van der Waals surface area contributed by atoms with Crippen LogP contribution in [0.4, 0.5) is 11.4 Å². The van der Waals surface area contributed by atoms with Crippen molar-refractivity contribution in [3.8, 4) is 11.5 Å². The molecule has 1 fully saturated rings. The third kappa shape index (κ3) is 6.15. The van der Waals surface area contributed by atoms with E-state index < -0.39 is 6.04 Å². The number of nitrogens with zero attached hydrogens (tertiary/aromatic N) is 2. The third-order valence-electron chi connectivity index (χ3n) is 6.10. The van der Waals surface area contributed by atoms with Gasteiger partial charge in [-0.15, -0.1) is 0 Å². The molecule has 3 aromatic rings. The minimum atomic E-state index is -0.826. The van der Waals surface area contributed by atoms with Gasteiger partial charge in [-0.3, -0.25) is 14.5 Å². The largest absolute Gasteiger partial charge is 0.497 e. The minimum Gasteiger partial charge on any atom is -0.497 e. The Morgan fingerprint density at radius 3 is 2.34 bits per heavy atom. The molecule has 1 saturated heterocycles. The summed E-state index contributed by atoms with van der Waals surface area (Å²) in [4.78, 5) is 29.8. The molecular formula is C27H24Cl3N3O4S. The summed E-state index contributed by atoms with van der Waals surface area (Å²) < 4.78 is 10.4. The summed E-state index contributed by atoms with van der Waals surface area (Å²) in [7, 11) is 3.07. The van der Waals surface area contributed by atoms with Crippen LogP contribution in [0.5, 0.6) is 11.5 Å². The molecule has 2 amide bonds. The fourth-order valence-corrected chi connectivity index (χ4v) is 5.32. The second-order valence-corrected chi connectivity index (χ2v) is 10.1. The summed E-state index contributed by atoms with van der Waals surface area (Å²) in [5.41, 5.74) is 1.92. The van der Waals surface area contributed by atoms with Gasteiger partial charge >= 0.3 is 0 Å². The zero-order valence-corrected chi connectivity index (χ0v) is 23.6. The van der Waals surface area contributed by atoms with E-state index in [-0.39, 0.29) is 23.3 Å². The highest BCUT2D eigenvalue weighted by molar-refractivity contribution is 7.80. The Hall–Kier alpha value is -3.04. The van der Waals surface area contributed by atoms with Gasteiger partial charge in [0.2, 0.25) is 5.91 Å². The van der Waals surface area contributed by atoms with Crippen LogP contribution in [0.3, 0.4) is 0 Å². The Balaban J connectivity index is 1.58. The number of thiocarbonyl (C=S) groups is 1. The molecule has 0 aliphatic carbocycles. The van der Waals surface area contributed by atoms with Crippen molar-refractivity contribution in [2.24, 2.45) is 0 Å². The van der Waals surface area contributed by atoms with E-state index in [9.17, 15) is 9.59 Å². The molecule has 0 aromatic heterocycles. The van der Waals surface area contributed by atoms with Gasteiger partial charge in [0.1, 0.15) is 17.5 Å². The normalized spacial score (nSPS) is 15.1. The van der Waals surface area contributed by atoms with Crippen LogP contribution in [0.15, 0.2) is 60.7 Å². The molecule has 1 N–H and O–H groups in total. The molecule has 0 spiro atoms. The second-order valence-electron chi connectivity index (χ2n) is 8.45. The monoisotopic (exact) mass is 591 g/mol. The van der Waals surface area contributed by atoms with Gasteiger partial charge in [0.15, 0.2) is 5.11 Å². The maximum Gasteiger partial charge on any atom is 0.256 e. The Bertz CT molecular complexity index is 1370. The van der Waals surface area contributed by atoms with Crippen LogP contribution >= 0.6 is 47.0 Å². The lowest BCUT2D eigenvalue weighted by Gasteiger charge is -2.24. The topological polar surface area (TPSA) is 71.1 Å². The van der Waals surface area contributed by atoms with Crippen LogP contribution in [0.1, 0.15) is 12.0 Å². The van der Waals surface area contributed by atoms with E-state index in [1.165, 1.54) is 12.0 Å². The maximum absolute atomic E-state index is 13.7. The fraction of sp³-hybridized carbons (Fsp3) is 0.222. The zero-order chi connectivity index (χ0) is 27.4. The number of carbonyl (C=O) groups is 2. The molecule has 1 atom stereocenters. The standard InChI is InChI=1S/C27H24Cl3N3O4S/c1-36-20-8-5-18(6-9-20)31-25(34)15-23-26(35)33(19-7-10-24(37-2)22(30)14-19)27(38)32(23)12-11-16-3-4-17(28)13-21(16)29/h3-10,13-14,23H,11-12,15H2,1-2H3,(H,31,34). The lowest BCUT2D eigenvalue weighted by atomic mass is 10.1.